The molecule has 1 amide bonds. The molecule has 0 atom stereocenters. The third-order valence-corrected chi connectivity index (χ3v) is 3.83. The summed E-state index contributed by atoms with van der Waals surface area (Å²) in [5.74, 6) is 0.414. The summed E-state index contributed by atoms with van der Waals surface area (Å²) in [6, 6.07) is 6.21. The highest BCUT2D eigenvalue weighted by Crippen LogP contribution is 2.20. The molecule has 0 bridgehead atoms. The van der Waals surface area contributed by atoms with Gasteiger partial charge in [-0.15, -0.1) is 0 Å². The number of nitrogens with one attached hydrogen (secondary N) is 2. The summed E-state index contributed by atoms with van der Waals surface area (Å²) < 4.78 is 32.1. The zero-order chi connectivity index (χ0) is 16.1. The number of hydrogen-bond acceptors (Lipinski definition) is 4. The van der Waals surface area contributed by atoms with Gasteiger partial charge in [0.05, 0.1) is 4.90 Å². The second kappa shape index (κ2) is 6.91. The van der Waals surface area contributed by atoms with E-state index in [-0.39, 0.29) is 29.5 Å². The molecule has 0 unspecified atom stereocenters. The standard InChI is InChI=1S/C14H22N2O4S/c1-11(17)15-9-10-16-21(18,19)13-7-5-12(6-8-13)20-14(2,3)4/h5-8,16H,9-10H2,1-4H3,(H,15,17). The smallest absolute Gasteiger partial charge is 0.240 e. The molecule has 0 aromatic heterocycles. The van der Waals surface area contributed by atoms with Crippen LogP contribution in [0.15, 0.2) is 29.2 Å². The largest absolute Gasteiger partial charge is 0.488 e. The van der Waals surface area contributed by atoms with Crippen LogP contribution < -0.4 is 14.8 Å². The number of amides is 1. The molecule has 6 nitrogen and oxygen atoms in total. The monoisotopic (exact) mass is 314 g/mol. The van der Waals surface area contributed by atoms with Crippen LogP contribution in [0.5, 0.6) is 5.75 Å². The maximum Gasteiger partial charge on any atom is 0.240 e. The first-order valence-corrected chi connectivity index (χ1v) is 8.12. The summed E-state index contributed by atoms with van der Waals surface area (Å²) in [6.45, 7) is 7.52. The molecule has 0 spiro atoms. The molecule has 21 heavy (non-hydrogen) atoms. The topological polar surface area (TPSA) is 84.5 Å². The van der Waals surface area contributed by atoms with Crippen LogP contribution in [0.2, 0.25) is 0 Å². The number of sulfonamides is 1. The predicted octanol–water partition coefficient (Wildman–Crippen LogP) is 1.28. The summed E-state index contributed by atoms with van der Waals surface area (Å²) in [5.41, 5.74) is -0.336. The van der Waals surface area contributed by atoms with Crippen LogP contribution in [0.4, 0.5) is 0 Å². The van der Waals surface area contributed by atoms with Crippen molar-refractivity contribution in [1.29, 1.82) is 0 Å². The van der Waals surface area contributed by atoms with Gasteiger partial charge in [-0.25, -0.2) is 13.1 Å². The first-order valence-electron chi connectivity index (χ1n) is 6.63. The molecule has 2 N–H and O–H groups in total. The van der Waals surface area contributed by atoms with Crippen molar-refractivity contribution in [3.8, 4) is 5.75 Å². The van der Waals surface area contributed by atoms with E-state index in [4.69, 9.17) is 4.74 Å². The van der Waals surface area contributed by atoms with Gasteiger partial charge in [-0.05, 0) is 45.0 Å². The highest BCUT2D eigenvalue weighted by atomic mass is 32.2. The Hall–Kier alpha value is -1.60. The number of rotatable bonds is 6. The van der Waals surface area contributed by atoms with Gasteiger partial charge in [-0.2, -0.15) is 0 Å². The van der Waals surface area contributed by atoms with Gasteiger partial charge in [-0.1, -0.05) is 0 Å². The fourth-order valence-corrected chi connectivity index (χ4v) is 2.58. The predicted molar refractivity (Wildman–Crippen MR) is 80.7 cm³/mol. The van der Waals surface area contributed by atoms with Crippen LogP contribution in [-0.4, -0.2) is 33.0 Å². The van der Waals surface area contributed by atoms with Gasteiger partial charge >= 0.3 is 0 Å². The molecule has 0 saturated heterocycles. The van der Waals surface area contributed by atoms with Crippen LogP contribution in [0.3, 0.4) is 0 Å². The highest BCUT2D eigenvalue weighted by Gasteiger charge is 2.15. The molecule has 0 aliphatic carbocycles. The number of hydrogen-bond donors (Lipinski definition) is 2. The van der Waals surface area contributed by atoms with E-state index in [1.54, 1.807) is 12.1 Å². The van der Waals surface area contributed by atoms with E-state index in [0.29, 0.717) is 5.75 Å². The van der Waals surface area contributed by atoms with Crippen molar-refractivity contribution < 1.29 is 17.9 Å². The van der Waals surface area contributed by atoms with E-state index in [9.17, 15) is 13.2 Å². The second-order valence-electron chi connectivity index (χ2n) is 5.57. The first kappa shape index (κ1) is 17.5. The van der Waals surface area contributed by atoms with Crippen LogP contribution in [0.1, 0.15) is 27.7 Å². The fraction of sp³-hybridized carbons (Fsp3) is 0.500. The van der Waals surface area contributed by atoms with Crippen molar-refractivity contribution in [2.45, 2.75) is 38.2 Å². The molecule has 1 aromatic carbocycles. The van der Waals surface area contributed by atoms with Crippen LogP contribution in [-0.2, 0) is 14.8 Å². The van der Waals surface area contributed by atoms with Crippen molar-refractivity contribution in [2.24, 2.45) is 0 Å². The molecular formula is C14H22N2O4S. The van der Waals surface area contributed by atoms with E-state index in [1.165, 1.54) is 19.1 Å². The molecule has 0 saturated carbocycles. The average molecular weight is 314 g/mol. The number of ether oxygens (including phenoxy) is 1. The zero-order valence-corrected chi connectivity index (χ0v) is 13.6. The maximum absolute atomic E-state index is 12.0. The Balaban J connectivity index is 2.65. The minimum Gasteiger partial charge on any atom is -0.488 e. The summed E-state index contributed by atoms with van der Waals surface area (Å²) >= 11 is 0. The Labute approximate surface area is 125 Å². The van der Waals surface area contributed by atoms with Gasteiger partial charge in [0.1, 0.15) is 11.4 Å². The molecule has 0 fully saturated rings. The van der Waals surface area contributed by atoms with Crippen LogP contribution in [0.25, 0.3) is 0 Å². The van der Waals surface area contributed by atoms with Crippen molar-refractivity contribution >= 4 is 15.9 Å². The number of carbonyl (C=O) groups excluding carboxylic acids is 1. The maximum atomic E-state index is 12.0. The third-order valence-electron chi connectivity index (χ3n) is 2.35. The van der Waals surface area contributed by atoms with Gasteiger partial charge in [0.15, 0.2) is 0 Å². The molecule has 0 heterocycles. The second-order valence-corrected chi connectivity index (χ2v) is 7.33. The summed E-state index contributed by atoms with van der Waals surface area (Å²) in [6.07, 6.45) is 0. The summed E-state index contributed by atoms with van der Waals surface area (Å²) in [7, 11) is -3.58. The Morgan fingerprint density at radius 2 is 1.71 bits per heavy atom. The molecule has 0 aliphatic rings. The molecule has 0 aliphatic heterocycles. The fourth-order valence-electron chi connectivity index (χ4n) is 1.55. The zero-order valence-electron chi connectivity index (χ0n) is 12.8. The van der Waals surface area contributed by atoms with Gasteiger partial charge in [0, 0.05) is 20.0 Å². The van der Waals surface area contributed by atoms with E-state index in [1.807, 2.05) is 20.8 Å². The quantitative estimate of drug-likeness (QED) is 0.775. The van der Waals surface area contributed by atoms with E-state index in [0.717, 1.165) is 0 Å². The normalized spacial score (nSPS) is 12.0. The van der Waals surface area contributed by atoms with Gasteiger partial charge in [0.25, 0.3) is 0 Å². The van der Waals surface area contributed by atoms with E-state index < -0.39 is 10.0 Å². The lowest BCUT2D eigenvalue weighted by Crippen LogP contribution is -2.33. The third kappa shape index (κ3) is 6.59. The number of carbonyl (C=O) groups is 1. The van der Waals surface area contributed by atoms with Crippen molar-refractivity contribution in [2.75, 3.05) is 13.1 Å². The summed E-state index contributed by atoms with van der Waals surface area (Å²) in [4.78, 5) is 10.8. The minimum absolute atomic E-state index is 0.141. The molecule has 7 heteroatoms. The Kier molecular flexibility index (Phi) is 5.74. The lowest BCUT2D eigenvalue weighted by molar-refractivity contribution is -0.118. The molecule has 1 rings (SSSR count). The minimum atomic E-state index is -3.58. The van der Waals surface area contributed by atoms with Crippen LogP contribution in [0, 0.1) is 0 Å². The lowest BCUT2D eigenvalue weighted by Gasteiger charge is -2.21. The first-order chi connectivity index (χ1) is 9.60. The number of benzene rings is 1. The Morgan fingerprint density at radius 1 is 1.14 bits per heavy atom. The van der Waals surface area contributed by atoms with Crippen molar-refractivity contribution in [3.05, 3.63) is 24.3 Å². The van der Waals surface area contributed by atoms with Crippen LogP contribution >= 0.6 is 0 Å². The van der Waals surface area contributed by atoms with E-state index >= 15 is 0 Å². The average Bonchev–Trinajstić information content (AvgIpc) is 2.33. The lowest BCUT2D eigenvalue weighted by atomic mass is 10.2. The van der Waals surface area contributed by atoms with Gasteiger partial charge < -0.3 is 10.1 Å². The van der Waals surface area contributed by atoms with Crippen molar-refractivity contribution in [1.82, 2.24) is 10.0 Å². The summed E-state index contributed by atoms with van der Waals surface area (Å²) in [5, 5.41) is 2.52. The highest BCUT2D eigenvalue weighted by molar-refractivity contribution is 7.89. The van der Waals surface area contributed by atoms with Gasteiger partial charge in [0.2, 0.25) is 15.9 Å². The SMILES string of the molecule is CC(=O)NCCNS(=O)(=O)c1ccc(OC(C)(C)C)cc1. The molecule has 1 aromatic rings. The molecular weight excluding hydrogens is 292 g/mol. The molecule has 118 valence electrons. The van der Waals surface area contributed by atoms with Crippen molar-refractivity contribution in [3.63, 3.8) is 0 Å². The molecule has 0 radical (unpaired) electrons. The Bertz CT molecular complexity index is 574. The Morgan fingerprint density at radius 3 is 2.19 bits per heavy atom. The van der Waals surface area contributed by atoms with Gasteiger partial charge in [-0.3, -0.25) is 4.79 Å². The van der Waals surface area contributed by atoms with E-state index in [2.05, 4.69) is 10.0 Å².